The van der Waals surface area contributed by atoms with Gasteiger partial charge in [0.2, 0.25) is 5.91 Å². The minimum Gasteiger partial charge on any atom is -0.482 e. The molecule has 0 aliphatic carbocycles. The van der Waals surface area contributed by atoms with Crippen molar-refractivity contribution in [2.24, 2.45) is 0 Å². The molecule has 7 heteroatoms. The van der Waals surface area contributed by atoms with E-state index in [2.05, 4.69) is 5.32 Å². The normalized spacial score (nSPS) is 10.3. The van der Waals surface area contributed by atoms with Gasteiger partial charge in [-0.3, -0.25) is 9.59 Å². The maximum absolute atomic E-state index is 12.2. The van der Waals surface area contributed by atoms with Crippen molar-refractivity contribution in [1.29, 1.82) is 0 Å². The third kappa shape index (κ3) is 5.72. The number of benzene rings is 1. The molecule has 1 heterocycles. The van der Waals surface area contributed by atoms with E-state index in [1.807, 2.05) is 19.9 Å². The number of anilines is 1. The number of carbonyl (C=O) groups excluding carboxylic acids is 2. The summed E-state index contributed by atoms with van der Waals surface area (Å²) in [7, 11) is 0. The lowest BCUT2D eigenvalue weighted by atomic mass is 10.1. The van der Waals surface area contributed by atoms with E-state index >= 15 is 0 Å². The highest BCUT2D eigenvalue weighted by Crippen LogP contribution is 2.22. The summed E-state index contributed by atoms with van der Waals surface area (Å²) in [5.41, 5.74) is 1.17. The fourth-order valence-electron chi connectivity index (χ4n) is 2.30. The largest absolute Gasteiger partial charge is 0.482 e. The van der Waals surface area contributed by atoms with Crippen molar-refractivity contribution in [3.8, 4) is 5.75 Å². The molecule has 2 N–H and O–H groups in total. The number of thiophene rings is 1. The number of hydrogen-bond acceptors (Lipinski definition) is 5. The number of ketones is 1. The maximum Gasteiger partial charge on any atom is 0.341 e. The lowest BCUT2D eigenvalue weighted by Gasteiger charge is -2.08. The Morgan fingerprint density at radius 3 is 2.56 bits per heavy atom. The Morgan fingerprint density at radius 1 is 1.16 bits per heavy atom. The maximum atomic E-state index is 12.2. The van der Waals surface area contributed by atoms with Crippen LogP contribution in [0.25, 0.3) is 0 Å². The molecule has 1 aromatic carbocycles. The number of carbonyl (C=O) groups is 3. The first-order valence-electron chi connectivity index (χ1n) is 7.70. The first-order valence-corrected chi connectivity index (χ1v) is 8.51. The summed E-state index contributed by atoms with van der Waals surface area (Å²) in [4.78, 5) is 36.7. The average Bonchev–Trinajstić information content (AvgIpc) is 2.89. The zero-order valence-corrected chi connectivity index (χ0v) is 14.8. The van der Waals surface area contributed by atoms with Crippen molar-refractivity contribution in [2.75, 3.05) is 11.9 Å². The Morgan fingerprint density at radius 2 is 1.92 bits per heavy atom. The quantitative estimate of drug-likeness (QED) is 0.703. The van der Waals surface area contributed by atoms with E-state index in [0.29, 0.717) is 17.0 Å². The van der Waals surface area contributed by atoms with E-state index in [4.69, 9.17) is 9.84 Å². The molecule has 132 valence electrons. The van der Waals surface area contributed by atoms with Crippen LogP contribution < -0.4 is 10.1 Å². The molecule has 2 aromatic rings. The van der Waals surface area contributed by atoms with Gasteiger partial charge in [0.05, 0.1) is 0 Å². The second kappa shape index (κ2) is 8.43. The number of amides is 1. The third-order valence-corrected chi connectivity index (χ3v) is 4.37. The van der Waals surface area contributed by atoms with E-state index in [0.717, 1.165) is 9.75 Å². The second-order valence-corrected chi connectivity index (χ2v) is 6.97. The van der Waals surface area contributed by atoms with Crippen molar-refractivity contribution in [3.63, 3.8) is 0 Å². The molecule has 0 unspecified atom stereocenters. The highest BCUT2D eigenvalue weighted by atomic mass is 32.1. The molecule has 0 radical (unpaired) electrons. The van der Waals surface area contributed by atoms with E-state index in [1.54, 1.807) is 29.5 Å². The first-order chi connectivity index (χ1) is 11.8. The van der Waals surface area contributed by atoms with Gasteiger partial charge in [-0.25, -0.2) is 4.79 Å². The van der Waals surface area contributed by atoms with Gasteiger partial charge < -0.3 is 15.2 Å². The summed E-state index contributed by atoms with van der Waals surface area (Å²) >= 11 is 1.57. The topological polar surface area (TPSA) is 92.7 Å². The van der Waals surface area contributed by atoms with Crippen molar-refractivity contribution >= 4 is 34.7 Å². The van der Waals surface area contributed by atoms with E-state index in [-0.39, 0.29) is 24.5 Å². The third-order valence-electron chi connectivity index (χ3n) is 3.40. The molecule has 0 bridgehead atoms. The standard InChI is InChI=1S/C18H19NO5S/c1-11-8-15(12(2)25-11)16(20)6-7-17(21)19-13-4-3-5-14(9-13)24-10-18(22)23/h3-5,8-9H,6-7,10H2,1-2H3,(H,19,21)(H,22,23). The van der Waals surface area contributed by atoms with Crippen LogP contribution in [0.4, 0.5) is 5.69 Å². The number of Topliss-reactive ketones (excluding diaryl/α,β-unsaturated/α-hetero) is 1. The predicted molar refractivity (Wildman–Crippen MR) is 95.6 cm³/mol. The van der Waals surface area contributed by atoms with Gasteiger partial charge in [0.15, 0.2) is 12.4 Å². The molecule has 0 aliphatic heterocycles. The number of aliphatic carboxylic acids is 1. The Labute approximate surface area is 149 Å². The monoisotopic (exact) mass is 361 g/mol. The molecule has 0 saturated carbocycles. The molecule has 6 nitrogen and oxygen atoms in total. The van der Waals surface area contributed by atoms with Crippen molar-refractivity contribution in [1.82, 2.24) is 0 Å². The number of nitrogens with one attached hydrogen (secondary N) is 1. The summed E-state index contributed by atoms with van der Waals surface area (Å²) in [6, 6.07) is 8.30. The average molecular weight is 361 g/mol. The lowest BCUT2D eigenvalue weighted by Crippen LogP contribution is -2.14. The lowest BCUT2D eigenvalue weighted by molar-refractivity contribution is -0.139. The van der Waals surface area contributed by atoms with Gasteiger partial charge in [0.25, 0.3) is 0 Å². The molecule has 1 amide bonds. The zero-order valence-electron chi connectivity index (χ0n) is 14.0. The molecule has 0 atom stereocenters. The van der Waals surface area contributed by atoms with Crippen molar-refractivity contribution in [2.45, 2.75) is 26.7 Å². The van der Waals surface area contributed by atoms with E-state index in [1.165, 1.54) is 6.07 Å². The number of ether oxygens (including phenoxy) is 1. The smallest absolute Gasteiger partial charge is 0.341 e. The Bertz CT molecular complexity index is 797. The molecule has 25 heavy (non-hydrogen) atoms. The van der Waals surface area contributed by atoms with Gasteiger partial charge in [-0.2, -0.15) is 0 Å². The highest BCUT2D eigenvalue weighted by Gasteiger charge is 2.14. The Kier molecular flexibility index (Phi) is 6.30. The van der Waals surface area contributed by atoms with Gasteiger partial charge in [-0.05, 0) is 32.0 Å². The van der Waals surface area contributed by atoms with Crippen molar-refractivity contribution < 1.29 is 24.2 Å². The molecule has 0 spiro atoms. The van der Waals surface area contributed by atoms with Crippen LogP contribution in [0.15, 0.2) is 30.3 Å². The predicted octanol–water partition coefficient (Wildman–Crippen LogP) is 3.43. The Hall–Kier alpha value is -2.67. The van der Waals surface area contributed by atoms with Gasteiger partial charge in [-0.1, -0.05) is 6.07 Å². The fourth-order valence-corrected chi connectivity index (χ4v) is 3.24. The van der Waals surface area contributed by atoms with Gasteiger partial charge in [0.1, 0.15) is 5.75 Å². The summed E-state index contributed by atoms with van der Waals surface area (Å²) in [6.07, 6.45) is 0.214. The minimum atomic E-state index is -1.08. The van der Waals surface area contributed by atoms with Crippen molar-refractivity contribution in [3.05, 3.63) is 45.6 Å². The molecular weight excluding hydrogens is 342 g/mol. The SMILES string of the molecule is Cc1cc(C(=O)CCC(=O)Nc2cccc(OCC(=O)O)c2)c(C)s1. The number of aryl methyl sites for hydroxylation is 2. The second-order valence-electron chi connectivity index (χ2n) is 5.51. The van der Waals surface area contributed by atoms with Crippen LogP contribution in [0.2, 0.25) is 0 Å². The van der Waals surface area contributed by atoms with E-state index in [9.17, 15) is 14.4 Å². The molecular formula is C18H19NO5S. The zero-order chi connectivity index (χ0) is 18.4. The number of carboxylic acid groups (broad SMARTS) is 1. The number of carboxylic acids is 1. The van der Waals surface area contributed by atoms with E-state index < -0.39 is 12.6 Å². The van der Waals surface area contributed by atoms with Gasteiger partial charge in [-0.15, -0.1) is 11.3 Å². The van der Waals surface area contributed by atoms with Crippen LogP contribution in [0, 0.1) is 13.8 Å². The minimum absolute atomic E-state index is 0.0458. The van der Waals surface area contributed by atoms with Gasteiger partial charge in [0, 0.05) is 39.9 Å². The molecule has 0 fully saturated rings. The summed E-state index contributed by atoms with van der Waals surface area (Å²) in [6.45, 7) is 3.39. The van der Waals surface area contributed by atoms with Crippen LogP contribution in [0.3, 0.4) is 0 Å². The van der Waals surface area contributed by atoms with Crippen LogP contribution in [0.5, 0.6) is 5.75 Å². The van der Waals surface area contributed by atoms with Crippen LogP contribution in [-0.2, 0) is 9.59 Å². The summed E-state index contributed by atoms with van der Waals surface area (Å²) < 4.78 is 5.06. The number of rotatable bonds is 8. The summed E-state index contributed by atoms with van der Waals surface area (Å²) in [5.74, 6) is -1.06. The molecule has 0 aliphatic rings. The summed E-state index contributed by atoms with van der Waals surface area (Å²) in [5, 5.41) is 11.3. The molecule has 0 saturated heterocycles. The highest BCUT2D eigenvalue weighted by molar-refractivity contribution is 7.12. The number of hydrogen-bond donors (Lipinski definition) is 2. The molecule has 1 aromatic heterocycles. The van der Waals surface area contributed by atoms with Crippen LogP contribution >= 0.6 is 11.3 Å². The first kappa shape index (κ1) is 18.7. The molecule has 2 rings (SSSR count). The van der Waals surface area contributed by atoms with Crippen LogP contribution in [-0.4, -0.2) is 29.4 Å². The van der Waals surface area contributed by atoms with Gasteiger partial charge >= 0.3 is 5.97 Å². The van der Waals surface area contributed by atoms with Crippen LogP contribution in [0.1, 0.15) is 33.0 Å². The fraction of sp³-hybridized carbons (Fsp3) is 0.278. The Balaban J connectivity index is 1.87.